The minimum Gasteiger partial charge on any atom is -0.316 e. The molecule has 0 heterocycles. The van der Waals surface area contributed by atoms with Gasteiger partial charge in [0.15, 0.2) is 0 Å². The van der Waals surface area contributed by atoms with E-state index in [9.17, 15) is 0 Å². The molecule has 1 aliphatic carbocycles. The molecule has 0 radical (unpaired) electrons. The van der Waals surface area contributed by atoms with Crippen LogP contribution in [0.25, 0.3) is 0 Å². The van der Waals surface area contributed by atoms with Crippen LogP contribution in [0.5, 0.6) is 0 Å². The summed E-state index contributed by atoms with van der Waals surface area (Å²) in [6.07, 6.45) is 3.83. The van der Waals surface area contributed by atoms with Crippen LogP contribution in [0.2, 0.25) is 0 Å². The highest BCUT2D eigenvalue weighted by Crippen LogP contribution is 2.37. The molecule has 1 nitrogen and oxygen atoms in total. The van der Waals surface area contributed by atoms with Crippen molar-refractivity contribution in [2.45, 2.75) is 45.1 Å². The second kappa shape index (κ2) is 5.01. The molecule has 88 valence electrons. The quantitative estimate of drug-likeness (QED) is 0.815. The minimum atomic E-state index is 0.633. The lowest BCUT2D eigenvalue weighted by atomic mass is 9.84. The normalized spacial score (nSPS) is 22.8. The summed E-state index contributed by atoms with van der Waals surface area (Å²) in [6.45, 7) is 4.65. The van der Waals surface area contributed by atoms with Crippen molar-refractivity contribution in [3.8, 4) is 0 Å². The third-order valence-corrected chi connectivity index (χ3v) is 4.20. The molecule has 0 saturated carbocycles. The van der Waals surface area contributed by atoms with E-state index < -0.39 is 0 Å². The van der Waals surface area contributed by atoms with E-state index >= 15 is 0 Å². The molecule has 0 bridgehead atoms. The van der Waals surface area contributed by atoms with Gasteiger partial charge < -0.3 is 5.32 Å². The Labute approximate surface area is 99.3 Å². The first kappa shape index (κ1) is 11.7. The molecule has 1 aliphatic rings. The smallest absolute Gasteiger partial charge is 0.0158 e. The third kappa shape index (κ3) is 2.01. The second-order valence-corrected chi connectivity index (χ2v) is 5.04. The summed E-state index contributed by atoms with van der Waals surface area (Å²) in [5, 5.41) is 3.54. The molecule has 0 spiro atoms. The van der Waals surface area contributed by atoms with Crippen LogP contribution in [0.4, 0.5) is 0 Å². The van der Waals surface area contributed by atoms with Crippen molar-refractivity contribution >= 4 is 0 Å². The lowest BCUT2D eigenvalue weighted by molar-refractivity contribution is 0.332. The molecule has 3 atom stereocenters. The Balaban J connectivity index is 2.23. The van der Waals surface area contributed by atoms with Crippen LogP contribution in [0.3, 0.4) is 0 Å². The highest BCUT2D eigenvalue weighted by atomic mass is 14.9. The van der Waals surface area contributed by atoms with E-state index in [0.717, 1.165) is 11.8 Å². The monoisotopic (exact) mass is 217 g/mol. The number of hydrogen-bond acceptors (Lipinski definition) is 1. The topological polar surface area (TPSA) is 12.0 Å². The molecule has 3 unspecified atom stereocenters. The number of aryl methyl sites for hydroxylation is 1. The molecule has 16 heavy (non-hydrogen) atoms. The van der Waals surface area contributed by atoms with E-state index in [-0.39, 0.29) is 0 Å². The van der Waals surface area contributed by atoms with Crippen molar-refractivity contribution < 1.29 is 0 Å². The molecular formula is C15H23N. The third-order valence-electron chi connectivity index (χ3n) is 4.20. The Bertz CT molecular complexity index is 345. The minimum absolute atomic E-state index is 0.633. The summed E-state index contributed by atoms with van der Waals surface area (Å²) < 4.78 is 0. The van der Waals surface area contributed by atoms with E-state index in [4.69, 9.17) is 0 Å². The lowest BCUT2D eigenvalue weighted by Crippen LogP contribution is -2.36. The molecule has 0 amide bonds. The van der Waals surface area contributed by atoms with Crippen molar-refractivity contribution in [3.05, 3.63) is 35.4 Å². The van der Waals surface area contributed by atoms with Gasteiger partial charge in [0, 0.05) is 12.0 Å². The number of nitrogens with one attached hydrogen (secondary N) is 1. The second-order valence-electron chi connectivity index (χ2n) is 5.04. The summed E-state index contributed by atoms with van der Waals surface area (Å²) in [7, 11) is 2.11. The number of fused-ring (bicyclic) bond motifs is 1. The molecule has 0 saturated heterocycles. The van der Waals surface area contributed by atoms with Gasteiger partial charge in [-0.2, -0.15) is 0 Å². The fraction of sp³-hybridized carbons (Fsp3) is 0.600. The maximum Gasteiger partial charge on any atom is 0.0158 e. The Kier molecular flexibility index (Phi) is 3.65. The predicted molar refractivity (Wildman–Crippen MR) is 69.8 cm³/mol. The van der Waals surface area contributed by atoms with Crippen LogP contribution in [0, 0.1) is 5.92 Å². The molecular weight excluding hydrogens is 194 g/mol. The molecule has 1 aromatic carbocycles. The molecule has 0 aliphatic heterocycles. The van der Waals surface area contributed by atoms with Crippen LogP contribution in [-0.2, 0) is 6.42 Å². The van der Waals surface area contributed by atoms with Crippen molar-refractivity contribution in [3.63, 3.8) is 0 Å². The van der Waals surface area contributed by atoms with Crippen molar-refractivity contribution in [1.29, 1.82) is 0 Å². The van der Waals surface area contributed by atoms with Crippen molar-refractivity contribution in [2.24, 2.45) is 5.92 Å². The Hall–Kier alpha value is -0.820. The number of rotatable bonds is 4. The zero-order valence-corrected chi connectivity index (χ0v) is 10.7. The van der Waals surface area contributed by atoms with Gasteiger partial charge in [-0.05, 0) is 36.9 Å². The molecule has 0 aromatic heterocycles. The van der Waals surface area contributed by atoms with Crippen LogP contribution in [0.1, 0.15) is 43.7 Å². The highest BCUT2D eigenvalue weighted by Gasteiger charge is 2.30. The molecule has 1 aromatic rings. The largest absolute Gasteiger partial charge is 0.316 e. The molecule has 1 heteroatoms. The van der Waals surface area contributed by atoms with E-state index in [2.05, 4.69) is 50.5 Å². The fourth-order valence-electron chi connectivity index (χ4n) is 3.10. The first-order valence-corrected chi connectivity index (χ1v) is 6.53. The summed E-state index contributed by atoms with van der Waals surface area (Å²) in [5.74, 6) is 1.47. The summed E-state index contributed by atoms with van der Waals surface area (Å²) in [4.78, 5) is 0. The van der Waals surface area contributed by atoms with Crippen molar-refractivity contribution in [1.82, 2.24) is 5.32 Å². The molecule has 0 fully saturated rings. The van der Waals surface area contributed by atoms with Gasteiger partial charge in [0.1, 0.15) is 0 Å². The van der Waals surface area contributed by atoms with Crippen molar-refractivity contribution in [2.75, 3.05) is 7.05 Å². The average molecular weight is 217 g/mol. The van der Waals surface area contributed by atoms with Crippen LogP contribution >= 0.6 is 0 Å². The first-order valence-electron chi connectivity index (χ1n) is 6.53. The van der Waals surface area contributed by atoms with Crippen LogP contribution in [0.15, 0.2) is 24.3 Å². The van der Waals surface area contributed by atoms with Crippen LogP contribution in [-0.4, -0.2) is 13.1 Å². The Morgan fingerprint density at radius 2 is 2.12 bits per heavy atom. The zero-order valence-electron chi connectivity index (χ0n) is 10.7. The summed E-state index contributed by atoms with van der Waals surface area (Å²) in [6, 6.07) is 9.59. The van der Waals surface area contributed by atoms with Gasteiger partial charge >= 0.3 is 0 Å². The SMILES string of the molecule is CCC(C)C(NC)C1CCc2ccccc21. The fourth-order valence-corrected chi connectivity index (χ4v) is 3.10. The number of hydrogen-bond donors (Lipinski definition) is 1. The zero-order chi connectivity index (χ0) is 11.5. The highest BCUT2D eigenvalue weighted by molar-refractivity contribution is 5.36. The van der Waals surface area contributed by atoms with Crippen LogP contribution < -0.4 is 5.32 Å². The standard InChI is InChI=1S/C15H23N/c1-4-11(2)15(16-3)14-10-9-12-7-5-6-8-13(12)14/h5-8,11,14-16H,4,9-10H2,1-3H3. The molecule has 1 N–H and O–H groups in total. The summed E-state index contributed by atoms with van der Waals surface area (Å²) >= 11 is 0. The molecule has 2 rings (SSSR count). The van der Waals surface area contributed by atoms with E-state index in [1.807, 2.05) is 0 Å². The maximum absolute atomic E-state index is 3.54. The van der Waals surface area contributed by atoms with Gasteiger partial charge in [0.2, 0.25) is 0 Å². The Morgan fingerprint density at radius 3 is 2.81 bits per heavy atom. The first-order chi connectivity index (χ1) is 7.77. The maximum atomic E-state index is 3.54. The van der Waals surface area contributed by atoms with Gasteiger partial charge in [-0.3, -0.25) is 0 Å². The van der Waals surface area contributed by atoms with Gasteiger partial charge in [-0.1, -0.05) is 44.5 Å². The van der Waals surface area contributed by atoms with E-state index in [1.54, 1.807) is 11.1 Å². The summed E-state index contributed by atoms with van der Waals surface area (Å²) in [5.41, 5.74) is 3.15. The van der Waals surface area contributed by atoms with Gasteiger partial charge in [-0.15, -0.1) is 0 Å². The predicted octanol–water partition coefficient (Wildman–Crippen LogP) is 3.35. The number of benzene rings is 1. The average Bonchev–Trinajstić information content (AvgIpc) is 2.74. The van der Waals surface area contributed by atoms with Gasteiger partial charge in [-0.25, -0.2) is 0 Å². The van der Waals surface area contributed by atoms with Gasteiger partial charge in [0.25, 0.3) is 0 Å². The van der Waals surface area contributed by atoms with E-state index in [0.29, 0.717) is 6.04 Å². The number of likely N-dealkylation sites (N-methyl/N-ethyl adjacent to an activating group) is 1. The van der Waals surface area contributed by atoms with Gasteiger partial charge in [0.05, 0.1) is 0 Å². The lowest BCUT2D eigenvalue weighted by Gasteiger charge is -2.29. The van der Waals surface area contributed by atoms with E-state index in [1.165, 1.54) is 19.3 Å². The Morgan fingerprint density at radius 1 is 1.38 bits per heavy atom.